The fraction of sp³-hybridized carbons (Fsp3) is 0.350. The number of benzene rings is 2. The monoisotopic (exact) mass is 343 g/mol. The molecule has 0 radical (unpaired) electrons. The molecule has 0 heterocycles. The van der Waals surface area contributed by atoms with Crippen LogP contribution in [0.3, 0.4) is 0 Å². The Hall–Kier alpha value is -1.94. The number of carbonyl (C=O) groups excluding carboxylic acids is 1. The number of hydrogen-bond donors (Lipinski definition) is 1. The highest BCUT2D eigenvalue weighted by molar-refractivity contribution is 8.00. The summed E-state index contributed by atoms with van der Waals surface area (Å²) in [7, 11) is 0. The average Bonchev–Trinajstić information content (AvgIpc) is 2.61. The Morgan fingerprint density at radius 3 is 2.50 bits per heavy atom. The van der Waals surface area contributed by atoms with E-state index in [-0.39, 0.29) is 11.2 Å². The number of thioether (sulfide) groups is 1. The van der Waals surface area contributed by atoms with Gasteiger partial charge in [0.15, 0.2) is 0 Å². The first-order chi connectivity index (χ1) is 11.7. The van der Waals surface area contributed by atoms with Crippen LogP contribution < -0.4 is 10.1 Å². The van der Waals surface area contributed by atoms with E-state index in [4.69, 9.17) is 4.74 Å². The zero-order valence-corrected chi connectivity index (χ0v) is 15.1. The molecule has 1 N–H and O–H groups in total. The molecule has 4 heteroatoms. The van der Waals surface area contributed by atoms with Crippen LogP contribution in [0.2, 0.25) is 0 Å². The minimum Gasteiger partial charge on any atom is -0.494 e. The van der Waals surface area contributed by atoms with Gasteiger partial charge in [-0.05, 0) is 62.3 Å². The second kappa shape index (κ2) is 10.0. The van der Waals surface area contributed by atoms with Crippen molar-refractivity contribution < 1.29 is 9.53 Å². The number of carbonyl (C=O) groups is 1. The van der Waals surface area contributed by atoms with Crippen LogP contribution in [0.25, 0.3) is 0 Å². The molecule has 1 unspecified atom stereocenters. The second-order valence-corrected chi connectivity index (χ2v) is 7.00. The molecule has 2 rings (SSSR count). The minimum atomic E-state index is -0.0626. The summed E-state index contributed by atoms with van der Waals surface area (Å²) in [5.74, 6) is 1.84. The number of aryl methyl sites for hydroxylation is 1. The largest absolute Gasteiger partial charge is 0.494 e. The van der Waals surface area contributed by atoms with Crippen molar-refractivity contribution in [3.05, 3.63) is 60.2 Å². The van der Waals surface area contributed by atoms with Crippen LogP contribution in [0, 0.1) is 0 Å². The van der Waals surface area contributed by atoms with E-state index in [1.165, 1.54) is 5.56 Å². The molecule has 0 fully saturated rings. The topological polar surface area (TPSA) is 38.3 Å². The van der Waals surface area contributed by atoms with Crippen LogP contribution in [0.15, 0.2) is 54.6 Å². The Labute approximate surface area is 148 Å². The predicted octanol–water partition coefficient (Wildman–Crippen LogP) is 4.78. The van der Waals surface area contributed by atoms with Gasteiger partial charge < -0.3 is 10.1 Å². The number of rotatable bonds is 9. The maximum absolute atomic E-state index is 12.2. The molecule has 24 heavy (non-hydrogen) atoms. The maximum Gasteiger partial charge on any atom is 0.237 e. The fourth-order valence-corrected chi connectivity index (χ4v) is 3.18. The van der Waals surface area contributed by atoms with Gasteiger partial charge in [-0.1, -0.05) is 30.3 Å². The minimum absolute atomic E-state index is 0.0453. The first-order valence-corrected chi connectivity index (χ1v) is 9.43. The molecule has 0 aliphatic heterocycles. The van der Waals surface area contributed by atoms with E-state index in [1.54, 1.807) is 11.8 Å². The highest BCUT2D eigenvalue weighted by atomic mass is 32.2. The van der Waals surface area contributed by atoms with Crippen LogP contribution in [0.1, 0.15) is 25.8 Å². The number of nitrogens with one attached hydrogen (secondary N) is 1. The van der Waals surface area contributed by atoms with Crippen molar-refractivity contribution in [2.75, 3.05) is 17.7 Å². The molecule has 2 aromatic rings. The molecule has 128 valence electrons. The predicted molar refractivity (Wildman–Crippen MR) is 103 cm³/mol. The van der Waals surface area contributed by atoms with E-state index in [1.807, 2.05) is 44.2 Å². The van der Waals surface area contributed by atoms with Gasteiger partial charge in [0, 0.05) is 5.69 Å². The Morgan fingerprint density at radius 2 is 1.83 bits per heavy atom. The van der Waals surface area contributed by atoms with Crippen molar-refractivity contribution >= 4 is 23.4 Å². The van der Waals surface area contributed by atoms with Crippen LogP contribution in [-0.2, 0) is 11.2 Å². The zero-order chi connectivity index (χ0) is 17.2. The molecule has 0 aliphatic rings. The summed E-state index contributed by atoms with van der Waals surface area (Å²) in [6.07, 6.45) is 2.14. The van der Waals surface area contributed by atoms with Gasteiger partial charge in [-0.2, -0.15) is 0 Å². The lowest BCUT2D eigenvalue weighted by Crippen LogP contribution is -2.22. The molecule has 1 amide bonds. The lowest BCUT2D eigenvalue weighted by atomic mass is 10.1. The van der Waals surface area contributed by atoms with Crippen molar-refractivity contribution in [3.63, 3.8) is 0 Å². The quantitative estimate of drug-likeness (QED) is 0.666. The standard InChI is InChI=1S/C20H25NO2S/c1-3-23-19-13-11-18(12-14-19)21-20(22)16(2)24-15-7-10-17-8-5-4-6-9-17/h4-6,8-9,11-14,16H,3,7,10,15H2,1-2H3,(H,21,22). The van der Waals surface area contributed by atoms with Crippen molar-refractivity contribution in [2.24, 2.45) is 0 Å². The highest BCUT2D eigenvalue weighted by Crippen LogP contribution is 2.19. The summed E-state index contributed by atoms with van der Waals surface area (Å²) in [6.45, 7) is 4.55. The summed E-state index contributed by atoms with van der Waals surface area (Å²) in [6, 6.07) is 17.9. The van der Waals surface area contributed by atoms with Crippen LogP contribution >= 0.6 is 11.8 Å². The van der Waals surface area contributed by atoms with Gasteiger partial charge in [-0.15, -0.1) is 11.8 Å². The van der Waals surface area contributed by atoms with E-state index in [0.29, 0.717) is 6.61 Å². The van der Waals surface area contributed by atoms with E-state index in [0.717, 1.165) is 30.0 Å². The lowest BCUT2D eigenvalue weighted by Gasteiger charge is -2.12. The smallest absolute Gasteiger partial charge is 0.237 e. The summed E-state index contributed by atoms with van der Waals surface area (Å²) in [4.78, 5) is 12.2. The zero-order valence-electron chi connectivity index (χ0n) is 14.3. The van der Waals surface area contributed by atoms with Crippen molar-refractivity contribution in [1.29, 1.82) is 0 Å². The van der Waals surface area contributed by atoms with E-state index < -0.39 is 0 Å². The molecule has 0 spiro atoms. The van der Waals surface area contributed by atoms with E-state index >= 15 is 0 Å². The van der Waals surface area contributed by atoms with Gasteiger partial charge in [0.1, 0.15) is 5.75 Å². The molecule has 0 aromatic heterocycles. The summed E-state index contributed by atoms with van der Waals surface area (Å²) in [5.41, 5.74) is 2.16. The molecule has 0 aliphatic carbocycles. The Morgan fingerprint density at radius 1 is 1.12 bits per heavy atom. The van der Waals surface area contributed by atoms with Gasteiger partial charge in [-0.3, -0.25) is 4.79 Å². The fourth-order valence-electron chi connectivity index (χ4n) is 2.30. The third-order valence-corrected chi connectivity index (χ3v) is 4.86. The first-order valence-electron chi connectivity index (χ1n) is 8.38. The number of ether oxygens (including phenoxy) is 1. The van der Waals surface area contributed by atoms with E-state index in [2.05, 4.69) is 29.6 Å². The Bertz CT molecular complexity index is 613. The Kier molecular flexibility index (Phi) is 7.69. The van der Waals surface area contributed by atoms with E-state index in [9.17, 15) is 4.79 Å². The lowest BCUT2D eigenvalue weighted by molar-refractivity contribution is -0.115. The molecule has 0 bridgehead atoms. The van der Waals surface area contributed by atoms with Gasteiger partial charge in [0.25, 0.3) is 0 Å². The first kappa shape index (κ1) is 18.4. The number of amides is 1. The summed E-state index contributed by atoms with van der Waals surface area (Å²) >= 11 is 1.70. The summed E-state index contributed by atoms with van der Waals surface area (Å²) in [5, 5.41) is 2.89. The number of hydrogen-bond acceptors (Lipinski definition) is 3. The summed E-state index contributed by atoms with van der Waals surface area (Å²) < 4.78 is 5.40. The van der Waals surface area contributed by atoms with Gasteiger partial charge in [0.05, 0.1) is 11.9 Å². The highest BCUT2D eigenvalue weighted by Gasteiger charge is 2.13. The number of anilines is 1. The maximum atomic E-state index is 12.2. The SMILES string of the molecule is CCOc1ccc(NC(=O)C(C)SCCCc2ccccc2)cc1. The molecule has 0 saturated carbocycles. The average molecular weight is 343 g/mol. The van der Waals surface area contributed by atoms with Crippen molar-refractivity contribution in [1.82, 2.24) is 0 Å². The Balaban J connectivity index is 1.69. The molecular weight excluding hydrogens is 318 g/mol. The third kappa shape index (κ3) is 6.28. The molecular formula is C20H25NO2S. The van der Waals surface area contributed by atoms with Crippen LogP contribution in [0.4, 0.5) is 5.69 Å². The molecule has 0 saturated heterocycles. The molecule has 2 aromatic carbocycles. The van der Waals surface area contributed by atoms with Gasteiger partial charge >= 0.3 is 0 Å². The van der Waals surface area contributed by atoms with Crippen LogP contribution in [-0.4, -0.2) is 23.5 Å². The van der Waals surface area contributed by atoms with Crippen molar-refractivity contribution in [3.8, 4) is 5.75 Å². The van der Waals surface area contributed by atoms with Gasteiger partial charge in [0.2, 0.25) is 5.91 Å². The molecule has 3 nitrogen and oxygen atoms in total. The second-order valence-electron chi connectivity index (χ2n) is 5.55. The normalized spacial score (nSPS) is 11.8. The van der Waals surface area contributed by atoms with Crippen molar-refractivity contribution in [2.45, 2.75) is 31.9 Å². The molecule has 1 atom stereocenters. The van der Waals surface area contributed by atoms with Crippen LogP contribution in [0.5, 0.6) is 5.75 Å². The third-order valence-electron chi connectivity index (χ3n) is 3.62. The van der Waals surface area contributed by atoms with Gasteiger partial charge in [-0.25, -0.2) is 0 Å².